The zero-order chi connectivity index (χ0) is 20.3. The van der Waals surface area contributed by atoms with Crippen LogP contribution in [0.15, 0.2) is 65.1 Å². The van der Waals surface area contributed by atoms with E-state index in [4.69, 9.17) is 9.15 Å². The number of nitro benzene ring substituents is 1. The van der Waals surface area contributed by atoms with E-state index in [9.17, 15) is 19.7 Å². The molecule has 0 fully saturated rings. The Morgan fingerprint density at radius 1 is 1.00 bits per heavy atom. The predicted octanol–water partition coefficient (Wildman–Crippen LogP) is 4.59. The molecule has 0 bridgehead atoms. The zero-order valence-electron chi connectivity index (χ0n) is 15.2. The summed E-state index contributed by atoms with van der Waals surface area (Å²) in [6, 6.07) is 15.7. The first-order chi connectivity index (χ1) is 13.3. The van der Waals surface area contributed by atoms with Crippen LogP contribution in [0.5, 0.6) is 0 Å². The van der Waals surface area contributed by atoms with Crippen LogP contribution in [-0.4, -0.2) is 22.8 Å². The molecule has 0 N–H and O–H groups in total. The van der Waals surface area contributed by atoms with Crippen molar-refractivity contribution >= 4 is 17.4 Å². The van der Waals surface area contributed by atoms with Gasteiger partial charge >= 0.3 is 5.97 Å². The summed E-state index contributed by atoms with van der Waals surface area (Å²) in [6.07, 6.45) is -0.969. The molecule has 0 radical (unpaired) electrons. The highest BCUT2D eigenvalue weighted by Gasteiger charge is 2.22. The molecule has 2 aromatic carbocycles. The van der Waals surface area contributed by atoms with Gasteiger partial charge in [0.25, 0.3) is 5.69 Å². The second-order valence-electron chi connectivity index (χ2n) is 6.25. The third-order valence-electron chi connectivity index (χ3n) is 4.16. The van der Waals surface area contributed by atoms with E-state index in [1.165, 1.54) is 37.3 Å². The van der Waals surface area contributed by atoms with Crippen LogP contribution in [0.2, 0.25) is 0 Å². The summed E-state index contributed by atoms with van der Waals surface area (Å²) in [6.45, 7) is 3.41. The molecular formula is C21H17NO6. The lowest BCUT2D eigenvalue weighted by Gasteiger charge is -2.11. The molecule has 0 unspecified atom stereocenters. The number of nitro groups is 1. The van der Waals surface area contributed by atoms with Gasteiger partial charge in [0, 0.05) is 23.3 Å². The Morgan fingerprint density at radius 3 is 2.25 bits per heavy atom. The molecule has 0 saturated carbocycles. The van der Waals surface area contributed by atoms with Gasteiger partial charge in [0.15, 0.2) is 6.10 Å². The minimum Gasteiger partial charge on any atom is -0.449 e. The Balaban J connectivity index is 1.69. The van der Waals surface area contributed by atoms with E-state index in [1.807, 2.05) is 19.1 Å². The first-order valence-electron chi connectivity index (χ1n) is 8.51. The van der Waals surface area contributed by atoms with Crippen LogP contribution >= 0.6 is 0 Å². The van der Waals surface area contributed by atoms with Crippen molar-refractivity contribution in [2.45, 2.75) is 20.0 Å². The lowest BCUT2D eigenvalue weighted by molar-refractivity contribution is -0.384. The Bertz CT molecular complexity index is 1020. The number of aryl methyl sites for hydroxylation is 1. The Labute approximate surface area is 160 Å². The van der Waals surface area contributed by atoms with Gasteiger partial charge in [-0.1, -0.05) is 29.8 Å². The normalized spacial score (nSPS) is 11.6. The van der Waals surface area contributed by atoms with Gasteiger partial charge in [0.2, 0.25) is 11.5 Å². The van der Waals surface area contributed by atoms with Gasteiger partial charge in [-0.3, -0.25) is 14.9 Å². The molecule has 142 valence electrons. The lowest BCUT2D eigenvalue weighted by Crippen LogP contribution is -2.24. The summed E-state index contributed by atoms with van der Waals surface area (Å²) < 4.78 is 10.7. The maximum atomic E-state index is 12.4. The summed E-state index contributed by atoms with van der Waals surface area (Å²) in [5.74, 6) is -0.770. The molecule has 0 aliphatic heterocycles. The zero-order valence-corrected chi connectivity index (χ0v) is 15.2. The molecule has 0 amide bonds. The van der Waals surface area contributed by atoms with Crippen molar-refractivity contribution in [3.05, 3.63) is 87.7 Å². The minimum absolute atomic E-state index is 0.0432. The van der Waals surface area contributed by atoms with Crippen molar-refractivity contribution in [2.24, 2.45) is 0 Å². The number of ketones is 1. The number of carbonyl (C=O) groups excluding carboxylic acids is 2. The number of furan rings is 1. The molecule has 0 saturated heterocycles. The fraction of sp³-hybridized carbons (Fsp3) is 0.143. The number of hydrogen-bond donors (Lipinski definition) is 0. The van der Waals surface area contributed by atoms with Gasteiger partial charge < -0.3 is 9.15 Å². The van der Waals surface area contributed by atoms with Crippen molar-refractivity contribution < 1.29 is 23.7 Å². The third-order valence-corrected chi connectivity index (χ3v) is 4.16. The molecule has 3 aromatic rings. The molecule has 7 nitrogen and oxygen atoms in total. The number of nitrogens with zero attached hydrogens (tertiary/aromatic N) is 1. The van der Waals surface area contributed by atoms with E-state index < -0.39 is 17.0 Å². The summed E-state index contributed by atoms with van der Waals surface area (Å²) in [4.78, 5) is 34.9. The topological polar surface area (TPSA) is 99.7 Å². The summed E-state index contributed by atoms with van der Waals surface area (Å²) >= 11 is 0. The van der Waals surface area contributed by atoms with Crippen LogP contribution in [0.4, 0.5) is 5.69 Å². The largest absolute Gasteiger partial charge is 0.449 e. The molecule has 7 heteroatoms. The van der Waals surface area contributed by atoms with Gasteiger partial charge in [-0.15, -0.1) is 0 Å². The lowest BCUT2D eigenvalue weighted by atomic mass is 10.1. The number of benzene rings is 2. The molecule has 0 aliphatic rings. The Hall–Kier alpha value is -3.74. The molecule has 0 aliphatic carbocycles. The van der Waals surface area contributed by atoms with Crippen LogP contribution in [-0.2, 0) is 4.74 Å². The van der Waals surface area contributed by atoms with E-state index >= 15 is 0 Å². The first kappa shape index (κ1) is 19.0. The van der Waals surface area contributed by atoms with Gasteiger partial charge in [-0.05, 0) is 38.1 Å². The number of esters is 1. The van der Waals surface area contributed by atoms with E-state index in [0.717, 1.165) is 5.56 Å². The standard InChI is InChI=1S/C21H17NO6/c1-13-3-5-16(6-4-13)20(23)14(2)27-21(24)19-12-11-18(28-19)15-7-9-17(10-8-15)22(25)26/h3-12,14H,1-2H3/t14-/m1/s1. The fourth-order valence-corrected chi connectivity index (χ4v) is 2.57. The van der Waals surface area contributed by atoms with Gasteiger partial charge in [0.05, 0.1) is 4.92 Å². The molecular weight excluding hydrogens is 362 g/mol. The number of carbonyl (C=O) groups is 2. The highest BCUT2D eigenvalue weighted by molar-refractivity contribution is 6.01. The maximum absolute atomic E-state index is 12.4. The van der Waals surface area contributed by atoms with Gasteiger partial charge in [-0.25, -0.2) is 4.79 Å². The van der Waals surface area contributed by atoms with Crippen molar-refractivity contribution in [3.63, 3.8) is 0 Å². The summed E-state index contributed by atoms with van der Waals surface area (Å²) in [7, 11) is 0. The molecule has 1 heterocycles. The first-order valence-corrected chi connectivity index (χ1v) is 8.51. The molecule has 3 rings (SSSR count). The predicted molar refractivity (Wildman–Crippen MR) is 101 cm³/mol. The Morgan fingerprint density at radius 2 is 1.64 bits per heavy atom. The molecule has 28 heavy (non-hydrogen) atoms. The summed E-state index contributed by atoms with van der Waals surface area (Å²) in [5.41, 5.74) is 2.01. The SMILES string of the molecule is Cc1ccc(C(=O)[C@@H](C)OC(=O)c2ccc(-c3ccc([N+](=O)[O-])cc3)o2)cc1. The minimum atomic E-state index is -0.969. The van der Waals surface area contributed by atoms with Crippen LogP contribution in [0, 0.1) is 17.0 Å². The van der Waals surface area contributed by atoms with Crippen LogP contribution in [0.3, 0.4) is 0 Å². The van der Waals surface area contributed by atoms with Crippen molar-refractivity contribution in [1.82, 2.24) is 0 Å². The average molecular weight is 379 g/mol. The van der Waals surface area contributed by atoms with Gasteiger partial charge in [0.1, 0.15) is 5.76 Å². The van der Waals surface area contributed by atoms with Crippen LogP contribution in [0.1, 0.15) is 33.4 Å². The highest BCUT2D eigenvalue weighted by atomic mass is 16.6. The molecule has 1 atom stereocenters. The fourth-order valence-electron chi connectivity index (χ4n) is 2.57. The number of ether oxygens (including phenoxy) is 1. The third kappa shape index (κ3) is 4.15. The second kappa shape index (κ2) is 7.87. The number of Topliss-reactive ketones (excluding diaryl/α,β-unsaturated/α-hetero) is 1. The van der Waals surface area contributed by atoms with Crippen LogP contribution < -0.4 is 0 Å². The number of non-ortho nitro benzene ring substituents is 1. The van der Waals surface area contributed by atoms with Crippen molar-refractivity contribution in [2.75, 3.05) is 0 Å². The molecule has 0 spiro atoms. The van der Waals surface area contributed by atoms with Crippen LogP contribution in [0.25, 0.3) is 11.3 Å². The smallest absolute Gasteiger partial charge is 0.374 e. The second-order valence-corrected chi connectivity index (χ2v) is 6.25. The van der Waals surface area contributed by atoms with E-state index in [2.05, 4.69) is 0 Å². The van der Waals surface area contributed by atoms with Crippen molar-refractivity contribution in [3.8, 4) is 11.3 Å². The summed E-state index contributed by atoms with van der Waals surface area (Å²) in [5, 5.41) is 10.7. The maximum Gasteiger partial charge on any atom is 0.374 e. The quantitative estimate of drug-likeness (QED) is 0.269. The van der Waals surface area contributed by atoms with Gasteiger partial charge in [-0.2, -0.15) is 0 Å². The number of hydrogen-bond acceptors (Lipinski definition) is 6. The number of rotatable bonds is 6. The highest BCUT2D eigenvalue weighted by Crippen LogP contribution is 2.25. The van der Waals surface area contributed by atoms with Crippen molar-refractivity contribution in [1.29, 1.82) is 0 Å². The average Bonchev–Trinajstić information content (AvgIpc) is 3.18. The Kier molecular flexibility index (Phi) is 5.35. The van der Waals surface area contributed by atoms with E-state index in [0.29, 0.717) is 16.9 Å². The van der Waals surface area contributed by atoms with E-state index in [1.54, 1.807) is 18.2 Å². The van der Waals surface area contributed by atoms with E-state index in [-0.39, 0.29) is 17.2 Å². The monoisotopic (exact) mass is 379 g/mol. The molecule has 1 aromatic heterocycles.